The number of nitrogens with one attached hydrogen (secondary N) is 2. The average Bonchev–Trinajstić information content (AvgIpc) is 2.69. The molecule has 2 aromatic carbocycles. The number of rotatable bonds is 6. The number of amides is 1. The molecule has 0 atom stereocenters. The molecule has 2 N–H and O–H groups in total. The third-order valence-electron chi connectivity index (χ3n) is 3.98. The minimum Gasteiger partial charge on any atom is -0.496 e. The zero-order valence-electron chi connectivity index (χ0n) is 15.0. The van der Waals surface area contributed by atoms with Gasteiger partial charge in [-0.15, -0.1) is 0 Å². The summed E-state index contributed by atoms with van der Waals surface area (Å²) in [6.07, 6.45) is 1.34. The fraction of sp³-hybridized carbons (Fsp3) is 0.150. The summed E-state index contributed by atoms with van der Waals surface area (Å²) in [5, 5.41) is 6.62. The summed E-state index contributed by atoms with van der Waals surface area (Å²) in [6.45, 7) is 2.27. The zero-order valence-corrected chi connectivity index (χ0v) is 15.7. The Morgan fingerprint density at radius 1 is 1.15 bits per heavy atom. The van der Waals surface area contributed by atoms with Crippen molar-refractivity contribution >= 4 is 29.0 Å². The van der Waals surface area contributed by atoms with Crippen molar-refractivity contribution in [1.29, 1.82) is 0 Å². The maximum atomic E-state index is 12.4. The van der Waals surface area contributed by atoms with Crippen molar-refractivity contribution in [3.8, 4) is 5.75 Å². The third-order valence-corrected chi connectivity index (χ3v) is 4.38. The lowest BCUT2D eigenvalue weighted by atomic mass is 10.2. The number of anilines is 2. The molecule has 0 aliphatic carbocycles. The second-order valence-corrected chi connectivity index (χ2v) is 6.28. The molecule has 27 heavy (non-hydrogen) atoms. The van der Waals surface area contributed by atoms with Crippen LogP contribution in [0, 0.1) is 6.92 Å². The van der Waals surface area contributed by atoms with E-state index in [1.165, 1.54) is 6.33 Å². The molecule has 3 rings (SSSR count). The number of nitrogens with zero attached hydrogens (tertiary/aromatic N) is 2. The van der Waals surface area contributed by atoms with Crippen molar-refractivity contribution < 1.29 is 9.53 Å². The van der Waals surface area contributed by atoms with E-state index in [0.717, 1.165) is 22.6 Å². The van der Waals surface area contributed by atoms with Crippen LogP contribution in [-0.2, 0) is 6.54 Å². The second-order valence-electron chi connectivity index (χ2n) is 5.87. The van der Waals surface area contributed by atoms with E-state index >= 15 is 0 Å². The molecule has 0 bridgehead atoms. The first-order valence-corrected chi connectivity index (χ1v) is 8.70. The molecule has 1 amide bonds. The predicted molar refractivity (Wildman–Crippen MR) is 106 cm³/mol. The van der Waals surface area contributed by atoms with Gasteiger partial charge in [-0.05, 0) is 30.7 Å². The highest BCUT2D eigenvalue weighted by Gasteiger charge is 2.10. The lowest BCUT2D eigenvalue weighted by molar-refractivity contribution is 0.0945. The van der Waals surface area contributed by atoms with Gasteiger partial charge in [0.15, 0.2) is 0 Å². The Morgan fingerprint density at radius 2 is 1.96 bits per heavy atom. The minimum atomic E-state index is -0.298. The first kappa shape index (κ1) is 18.7. The molecule has 0 spiro atoms. The van der Waals surface area contributed by atoms with E-state index in [2.05, 4.69) is 20.6 Å². The van der Waals surface area contributed by atoms with Crippen molar-refractivity contribution in [2.24, 2.45) is 0 Å². The molecule has 138 valence electrons. The highest BCUT2D eigenvalue weighted by atomic mass is 35.5. The van der Waals surface area contributed by atoms with Crippen LogP contribution in [0.3, 0.4) is 0 Å². The summed E-state index contributed by atoms with van der Waals surface area (Å²) in [4.78, 5) is 20.6. The van der Waals surface area contributed by atoms with Gasteiger partial charge < -0.3 is 15.4 Å². The molecule has 0 unspecified atom stereocenters. The molecule has 1 heterocycles. The van der Waals surface area contributed by atoms with Gasteiger partial charge in [-0.25, -0.2) is 9.97 Å². The topological polar surface area (TPSA) is 76.1 Å². The van der Waals surface area contributed by atoms with Crippen LogP contribution in [0.5, 0.6) is 5.75 Å². The normalized spacial score (nSPS) is 10.3. The van der Waals surface area contributed by atoms with Gasteiger partial charge in [0.05, 0.1) is 7.11 Å². The summed E-state index contributed by atoms with van der Waals surface area (Å²) < 4.78 is 5.29. The lowest BCUT2D eigenvalue weighted by Gasteiger charge is -2.10. The van der Waals surface area contributed by atoms with Crippen LogP contribution in [0.1, 0.15) is 21.6 Å². The Hall–Kier alpha value is -3.12. The van der Waals surface area contributed by atoms with Gasteiger partial charge in [-0.1, -0.05) is 35.9 Å². The van der Waals surface area contributed by atoms with Gasteiger partial charge in [0, 0.05) is 28.9 Å². The number of carbonyl (C=O) groups is 1. The van der Waals surface area contributed by atoms with Gasteiger partial charge in [0.1, 0.15) is 23.6 Å². The highest BCUT2D eigenvalue weighted by molar-refractivity contribution is 6.31. The number of ether oxygens (including phenoxy) is 1. The first-order chi connectivity index (χ1) is 13.1. The van der Waals surface area contributed by atoms with E-state index in [9.17, 15) is 4.79 Å². The maximum absolute atomic E-state index is 12.4. The van der Waals surface area contributed by atoms with E-state index in [4.69, 9.17) is 16.3 Å². The maximum Gasteiger partial charge on any atom is 0.270 e. The van der Waals surface area contributed by atoms with Crippen molar-refractivity contribution in [3.05, 3.63) is 76.7 Å². The fourth-order valence-corrected chi connectivity index (χ4v) is 2.66. The van der Waals surface area contributed by atoms with Crippen molar-refractivity contribution in [2.45, 2.75) is 13.5 Å². The molecule has 0 saturated heterocycles. The van der Waals surface area contributed by atoms with Crippen LogP contribution >= 0.6 is 11.6 Å². The molecule has 0 radical (unpaired) electrons. The van der Waals surface area contributed by atoms with Crippen molar-refractivity contribution in [3.63, 3.8) is 0 Å². The molecule has 1 aromatic heterocycles. The van der Waals surface area contributed by atoms with Gasteiger partial charge >= 0.3 is 0 Å². The smallest absolute Gasteiger partial charge is 0.270 e. The number of hydrogen-bond acceptors (Lipinski definition) is 5. The van der Waals surface area contributed by atoms with E-state index < -0.39 is 0 Å². The standard InChI is InChI=1S/C20H19ClN4O2/c1-13-7-8-15(9-16(13)21)25-19-10-17(23-12-24-19)20(26)22-11-14-5-3-4-6-18(14)27-2/h3-10,12H,11H2,1-2H3,(H,22,26)(H,23,24,25). The SMILES string of the molecule is COc1ccccc1CNC(=O)c1cc(Nc2ccc(C)c(Cl)c2)ncn1. The highest BCUT2D eigenvalue weighted by Crippen LogP contribution is 2.22. The van der Waals surface area contributed by atoms with E-state index in [0.29, 0.717) is 17.4 Å². The molecule has 3 aromatic rings. The lowest BCUT2D eigenvalue weighted by Crippen LogP contribution is -2.24. The molecule has 0 aliphatic rings. The molecule has 0 saturated carbocycles. The largest absolute Gasteiger partial charge is 0.496 e. The average molecular weight is 383 g/mol. The summed E-state index contributed by atoms with van der Waals surface area (Å²) in [7, 11) is 1.60. The number of aromatic nitrogens is 2. The third kappa shape index (κ3) is 4.74. The van der Waals surface area contributed by atoms with Crippen LogP contribution in [0.4, 0.5) is 11.5 Å². The second kappa shape index (κ2) is 8.51. The predicted octanol–water partition coefficient (Wildman–Crippen LogP) is 4.12. The van der Waals surface area contributed by atoms with Crippen LogP contribution in [-0.4, -0.2) is 23.0 Å². The number of halogens is 1. The monoisotopic (exact) mass is 382 g/mol. The fourth-order valence-electron chi connectivity index (χ4n) is 2.48. The van der Waals surface area contributed by atoms with Crippen molar-refractivity contribution in [1.82, 2.24) is 15.3 Å². The Bertz CT molecular complexity index is 962. The number of methoxy groups -OCH3 is 1. The molecule has 0 fully saturated rings. The Kier molecular flexibility index (Phi) is 5.88. The number of benzene rings is 2. The van der Waals surface area contributed by atoms with Crippen LogP contribution < -0.4 is 15.4 Å². The van der Waals surface area contributed by atoms with E-state index in [1.54, 1.807) is 19.2 Å². The van der Waals surface area contributed by atoms with E-state index in [1.807, 2.05) is 43.3 Å². The van der Waals surface area contributed by atoms with Gasteiger partial charge in [-0.2, -0.15) is 0 Å². The first-order valence-electron chi connectivity index (χ1n) is 8.32. The Morgan fingerprint density at radius 3 is 2.74 bits per heavy atom. The summed E-state index contributed by atoms with van der Waals surface area (Å²) in [6, 6.07) is 14.7. The summed E-state index contributed by atoms with van der Waals surface area (Å²) in [5.41, 5.74) is 2.92. The number of aryl methyl sites for hydroxylation is 1. The van der Waals surface area contributed by atoms with Crippen molar-refractivity contribution in [2.75, 3.05) is 12.4 Å². The zero-order chi connectivity index (χ0) is 19.2. The number of para-hydroxylation sites is 1. The quantitative estimate of drug-likeness (QED) is 0.670. The summed E-state index contributed by atoms with van der Waals surface area (Å²) >= 11 is 6.14. The molecule has 0 aliphatic heterocycles. The van der Waals surface area contributed by atoms with Gasteiger partial charge in [0.2, 0.25) is 0 Å². The number of hydrogen-bond donors (Lipinski definition) is 2. The minimum absolute atomic E-state index is 0.264. The van der Waals surface area contributed by atoms with Crippen LogP contribution in [0.15, 0.2) is 54.9 Å². The molecular weight excluding hydrogens is 364 g/mol. The van der Waals surface area contributed by atoms with Gasteiger partial charge in [0.25, 0.3) is 5.91 Å². The van der Waals surface area contributed by atoms with E-state index in [-0.39, 0.29) is 11.6 Å². The van der Waals surface area contributed by atoms with Crippen LogP contribution in [0.2, 0.25) is 5.02 Å². The number of carbonyl (C=O) groups excluding carboxylic acids is 1. The Labute approximate surface area is 162 Å². The van der Waals surface area contributed by atoms with Crippen LogP contribution in [0.25, 0.3) is 0 Å². The summed E-state index contributed by atoms with van der Waals surface area (Å²) in [5.74, 6) is 0.930. The molecular formula is C20H19ClN4O2. The Balaban J connectivity index is 1.69. The molecule has 7 heteroatoms. The van der Waals surface area contributed by atoms with Gasteiger partial charge in [-0.3, -0.25) is 4.79 Å². The molecule has 6 nitrogen and oxygen atoms in total.